The van der Waals surface area contributed by atoms with E-state index in [0.29, 0.717) is 0 Å². The van der Waals surface area contributed by atoms with E-state index in [2.05, 4.69) is 0 Å². The maximum Gasteiger partial charge on any atom is 0.339 e. The van der Waals surface area contributed by atoms with Crippen molar-refractivity contribution in [2.45, 2.75) is 19.4 Å². The normalized spacial score (nSPS) is 11.1. The molecule has 1 rings (SSSR count). The summed E-state index contributed by atoms with van der Waals surface area (Å²) in [6.45, 7) is 2.88. The molecule has 1 aromatic carbocycles. The van der Waals surface area contributed by atoms with Crippen LogP contribution in [0.25, 0.3) is 0 Å². The third kappa shape index (κ3) is 3.70. The number of non-ortho nitro benzene ring substituents is 1. The maximum atomic E-state index is 11.0. The number of ether oxygens (including phenoxy) is 1. The van der Waals surface area contributed by atoms with Gasteiger partial charge in [-0.05, 0) is 19.9 Å². The second-order valence-electron chi connectivity index (χ2n) is 4.34. The van der Waals surface area contributed by atoms with Crippen LogP contribution in [0, 0.1) is 10.1 Å². The first-order valence-corrected chi connectivity index (χ1v) is 5.07. The van der Waals surface area contributed by atoms with Crippen LogP contribution in [-0.4, -0.2) is 33.3 Å². The van der Waals surface area contributed by atoms with Crippen LogP contribution < -0.4 is 4.74 Å². The third-order valence-electron chi connectivity index (χ3n) is 1.99. The van der Waals surface area contributed by atoms with Gasteiger partial charge < -0.3 is 14.9 Å². The van der Waals surface area contributed by atoms with E-state index in [1.807, 2.05) is 0 Å². The molecule has 0 radical (unpaired) electrons. The van der Waals surface area contributed by atoms with Crippen molar-refractivity contribution >= 4 is 11.7 Å². The fourth-order valence-corrected chi connectivity index (χ4v) is 1.18. The number of carbonyl (C=O) groups is 1. The Kier molecular flexibility index (Phi) is 3.87. The van der Waals surface area contributed by atoms with Crippen molar-refractivity contribution in [3.8, 4) is 5.75 Å². The second-order valence-corrected chi connectivity index (χ2v) is 4.34. The highest BCUT2D eigenvalue weighted by molar-refractivity contribution is 5.91. The van der Waals surface area contributed by atoms with E-state index in [-0.39, 0.29) is 23.6 Å². The van der Waals surface area contributed by atoms with E-state index < -0.39 is 16.5 Å². The van der Waals surface area contributed by atoms with Gasteiger partial charge in [0.15, 0.2) is 0 Å². The van der Waals surface area contributed by atoms with Gasteiger partial charge in [-0.25, -0.2) is 4.79 Å². The molecule has 0 heterocycles. The second kappa shape index (κ2) is 5.01. The Morgan fingerprint density at radius 3 is 2.56 bits per heavy atom. The maximum absolute atomic E-state index is 11.0. The highest BCUT2D eigenvalue weighted by Crippen LogP contribution is 2.25. The number of nitrogens with zero attached hydrogens (tertiary/aromatic N) is 1. The molecule has 2 N–H and O–H groups in total. The Hall–Kier alpha value is -2.15. The molecular formula is C11H13NO6. The van der Waals surface area contributed by atoms with Crippen LogP contribution in [0.3, 0.4) is 0 Å². The zero-order chi connectivity index (χ0) is 13.9. The zero-order valence-electron chi connectivity index (χ0n) is 9.91. The fraction of sp³-hybridized carbons (Fsp3) is 0.364. The van der Waals surface area contributed by atoms with Gasteiger partial charge in [-0.15, -0.1) is 0 Å². The minimum atomic E-state index is -1.33. The van der Waals surface area contributed by atoms with Crippen LogP contribution >= 0.6 is 0 Å². The molecule has 7 nitrogen and oxygen atoms in total. The lowest BCUT2D eigenvalue weighted by Crippen LogP contribution is -2.28. The van der Waals surface area contributed by atoms with E-state index in [1.54, 1.807) is 0 Å². The lowest BCUT2D eigenvalue weighted by atomic mass is 10.1. The minimum absolute atomic E-state index is 0.0183. The Bertz CT molecular complexity index is 477. The number of aromatic carboxylic acids is 1. The summed E-state index contributed by atoms with van der Waals surface area (Å²) in [7, 11) is 0. The van der Waals surface area contributed by atoms with Crippen molar-refractivity contribution in [3.63, 3.8) is 0 Å². The Balaban J connectivity index is 3.05. The number of nitro benzene ring substituents is 1. The van der Waals surface area contributed by atoms with Gasteiger partial charge in [0.25, 0.3) is 5.69 Å². The molecule has 0 amide bonds. The summed E-state index contributed by atoms with van der Waals surface area (Å²) >= 11 is 0. The van der Waals surface area contributed by atoms with Crippen molar-refractivity contribution in [2.75, 3.05) is 6.61 Å². The van der Waals surface area contributed by atoms with Crippen molar-refractivity contribution in [1.29, 1.82) is 0 Å². The highest BCUT2D eigenvalue weighted by atomic mass is 16.6. The summed E-state index contributed by atoms with van der Waals surface area (Å²) < 4.78 is 5.14. The minimum Gasteiger partial charge on any atom is -0.490 e. The Morgan fingerprint density at radius 1 is 1.50 bits per heavy atom. The first kappa shape index (κ1) is 13.9. The lowest BCUT2D eigenvalue weighted by Gasteiger charge is -2.18. The summed E-state index contributed by atoms with van der Waals surface area (Å²) in [4.78, 5) is 20.8. The molecule has 0 saturated heterocycles. The lowest BCUT2D eigenvalue weighted by molar-refractivity contribution is -0.384. The summed E-state index contributed by atoms with van der Waals surface area (Å²) in [5.41, 5.74) is -1.77. The molecule has 0 saturated carbocycles. The zero-order valence-corrected chi connectivity index (χ0v) is 9.91. The molecule has 0 atom stereocenters. The number of benzene rings is 1. The SMILES string of the molecule is CC(C)(O)COc1ccc([N+](=O)[O-])cc1C(=O)O. The van der Waals surface area contributed by atoms with E-state index in [9.17, 15) is 20.0 Å². The molecule has 0 fully saturated rings. The van der Waals surface area contributed by atoms with Crippen LogP contribution in [-0.2, 0) is 0 Å². The topological polar surface area (TPSA) is 110 Å². The van der Waals surface area contributed by atoms with E-state index in [1.165, 1.54) is 19.9 Å². The number of carboxylic acids is 1. The van der Waals surface area contributed by atoms with Gasteiger partial charge in [0, 0.05) is 12.1 Å². The Labute approximate surface area is 103 Å². The predicted octanol–water partition coefficient (Wildman–Crippen LogP) is 1.44. The Morgan fingerprint density at radius 2 is 2.11 bits per heavy atom. The number of aliphatic hydroxyl groups is 1. The molecule has 98 valence electrons. The number of carboxylic acid groups (broad SMARTS) is 1. The molecular weight excluding hydrogens is 242 g/mol. The van der Waals surface area contributed by atoms with E-state index >= 15 is 0 Å². The van der Waals surface area contributed by atoms with Gasteiger partial charge >= 0.3 is 5.97 Å². The monoisotopic (exact) mass is 255 g/mol. The largest absolute Gasteiger partial charge is 0.490 e. The number of nitro groups is 1. The van der Waals surface area contributed by atoms with Crippen molar-refractivity contribution < 1.29 is 24.7 Å². The average molecular weight is 255 g/mol. The summed E-state index contributed by atoms with van der Waals surface area (Å²) in [6.07, 6.45) is 0. The van der Waals surface area contributed by atoms with E-state index in [4.69, 9.17) is 9.84 Å². The number of rotatable bonds is 5. The van der Waals surface area contributed by atoms with Crippen LogP contribution in [0.4, 0.5) is 5.69 Å². The standard InChI is InChI=1S/C11H13NO6/c1-11(2,15)6-18-9-4-3-7(12(16)17)5-8(9)10(13)14/h3-5,15H,6H2,1-2H3,(H,13,14). The van der Waals surface area contributed by atoms with Crippen molar-refractivity contribution in [1.82, 2.24) is 0 Å². The smallest absolute Gasteiger partial charge is 0.339 e. The summed E-state index contributed by atoms with van der Waals surface area (Å²) in [5.74, 6) is -1.35. The average Bonchev–Trinajstić information content (AvgIpc) is 2.24. The quantitative estimate of drug-likeness (QED) is 0.608. The van der Waals surface area contributed by atoms with Gasteiger partial charge in [-0.1, -0.05) is 0 Å². The summed E-state index contributed by atoms with van der Waals surface area (Å²) in [5, 5.41) is 28.9. The van der Waals surface area contributed by atoms with Gasteiger partial charge in [0.05, 0.1) is 10.5 Å². The highest BCUT2D eigenvalue weighted by Gasteiger charge is 2.20. The molecule has 0 aliphatic heterocycles. The van der Waals surface area contributed by atoms with E-state index in [0.717, 1.165) is 12.1 Å². The molecule has 0 aliphatic rings. The fourth-order valence-electron chi connectivity index (χ4n) is 1.18. The number of hydrogen-bond donors (Lipinski definition) is 2. The first-order chi connectivity index (χ1) is 8.20. The van der Waals surface area contributed by atoms with Crippen LogP contribution in [0.2, 0.25) is 0 Å². The molecule has 0 spiro atoms. The molecule has 0 bridgehead atoms. The molecule has 7 heteroatoms. The van der Waals surface area contributed by atoms with Gasteiger partial charge in [-0.3, -0.25) is 10.1 Å². The third-order valence-corrected chi connectivity index (χ3v) is 1.99. The van der Waals surface area contributed by atoms with Crippen LogP contribution in [0.5, 0.6) is 5.75 Å². The molecule has 0 aromatic heterocycles. The first-order valence-electron chi connectivity index (χ1n) is 5.07. The number of hydrogen-bond acceptors (Lipinski definition) is 5. The molecule has 0 aliphatic carbocycles. The van der Waals surface area contributed by atoms with Crippen molar-refractivity contribution in [3.05, 3.63) is 33.9 Å². The molecule has 18 heavy (non-hydrogen) atoms. The molecule has 1 aromatic rings. The van der Waals surface area contributed by atoms with Crippen LogP contribution in [0.1, 0.15) is 24.2 Å². The van der Waals surface area contributed by atoms with Crippen molar-refractivity contribution in [2.24, 2.45) is 0 Å². The van der Waals surface area contributed by atoms with Gasteiger partial charge in [0.1, 0.15) is 17.9 Å². The summed E-state index contributed by atoms with van der Waals surface area (Å²) in [6, 6.07) is 3.27. The van der Waals surface area contributed by atoms with Gasteiger partial charge in [0.2, 0.25) is 0 Å². The molecule has 0 unspecified atom stereocenters. The van der Waals surface area contributed by atoms with Crippen LogP contribution in [0.15, 0.2) is 18.2 Å². The van der Waals surface area contributed by atoms with Gasteiger partial charge in [-0.2, -0.15) is 0 Å². The predicted molar refractivity (Wildman–Crippen MR) is 61.8 cm³/mol.